The fourth-order valence-electron chi connectivity index (χ4n) is 4.80. The molecule has 1 fully saturated rings. The summed E-state index contributed by atoms with van der Waals surface area (Å²) in [6, 6.07) is 16.8. The van der Waals surface area contributed by atoms with E-state index in [1.165, 1.54) is 24.6 Å². The van der Waals surface area contributed by atoms with Gasteiger partial charge in [0.25, 0.3) is 0 Å². The van der Waals surface area contributed by atoms with Crippen molar-refractivity contribution in [1.29, 1.82) is 0 Å². The average molecular weight is 490 g/mol. The predicted molar refractivity (Wildman–Crippen MR) is 144 cm³/mol. The van der Waals surface area contributed by atoms with Crippen LogP contribution >= 0.6 is 0 Å². The normalized spacial score (nSPS) is 14.5. The van der Waals surface area contributed by atoms with E-state index in [4.69, 9.17) is 9.47 Å². The van der Waals surface area contributed by atoms with Crippen molar-refractivity contribution in [2.45, 2.75) is 71.7 Å². The Labute approximate surface area is 215 Å². The van der Waals surface area contributed by atoms with Crippen LogP contribution in [0.5, 0.6) is 11.6 Å². The molecule has 0 bridgehead atoms. The van der Waals surface area contributed by atoms with Gasteiger partial charge in [0.15, 0.2) is 0 Å². The molecule has 1 radical (unpaired) electrons. The molecule has 4 nitrogen and oxygen atoms in total. The second kappa shape index (κ2) is 11.4. The molecule has 0 spiro atoms. The standard InChI is InChI=1S/C31H38FN2O2/c1-20(2)34(21(3)4)18-26-14-23(10-13-28(26)29-16-31(35-6)33-17-30(29)32)19-36-27-9-7-8-25(15-27)22(5)24-11-12-24/h7-10,13-17,20-22,24H,5,11-12,18-19H2,1-4,6H3. The monoisotopic (exact) mass is 489 g/mol. The van der Waals surface area contributed by atoms with E-state index in [2.05, 4.69) is 62.7 Å². The lowest BCUT2D eigenvalue weighted by molar-refractivity contribution is 0.166. The maximum atomic E-state index is 14.9. The van der Waals surface area contributed by atoms with Crippen LogP contribution in [0.15, 0.2) is 54.7 Å². The molecule has 0 N–H and O–H groups in total. The Hall–Kier alpha value is -2.92. The Morgan fingerprint density at radius 3 is 2.44 bits per heavy atom. The summed E-state index contributed by atoms with van der Waals surface area (Å²) in [6.07, 6.45) is 3.76. The maximum absolute atomic E-state index is 14.9. The van der Waals surface area contributed by atoms with Crippen molar-refractivity contribution in [3.05, 3.63) is 84.2 Å². The number of benzene rings is 2. The minimum absolute atomic E-state index is 0.324. The van der Waals surface area contributed by atoms with Gasteiger partial charge in [0.2, 0.25) is 5.88 Å². The number of ether oxygens (including phenoxy) is 2. The molecule has 0 saturated heterocycles. The van der Waals surface area contributed by atoms with Crippen LogP contribution in [0.3, 0.4) is 0 Å². The van der Waals surface area contributed by atoms with Crippen LogP contribution in [0.4, 0.5) is 4.39 Å². The maximum Gasteiger partial charge on any atom is 0.213 e. The van der Waals surface area contributed by atoms with Crippen molar-refractivity contribution in [2.75, 3.05) is 7.11 Å². The molecular formula is C31H38FN2O2. The van der Waals surface area contributed by atoms with Crippen molar-refractivity contribution >= 4 is 0 Å². The van der Waals surface area contributed by atoms with Crippen molar-refractivity contribution in [2.24, 2.45) is 5.92 Å². The van der Waals surface area contributed by atoms with Crippen molar-refractivity contribution in [3.63, 3.8) is 0 Å². The molecule has 1 atom stereocenters. The topological polar surface area (TPSA) is 34.6 Å². The van der Waals surface area contributed by atoms with Gasteiger partial charge in [-0.2, -0.15) is 0 Å². The van der Waals surface area contributed by atoms with E-state index >= 15 is 0 Å². The molecule has 191 valence electrons. The Morgan fingerprint density at radius 2 is 1.78 bits per heavy atom. The number of hydrogen-bond donors (Lipinski definition) is 0. The molecule has 5 heteroatoms. The zero-order valence-electron chi connectivity index (χ0n) is 22.1. The summed E-state index contributed by atoms with van der Waals surface area (Å²) < 4.78 is 26.4. The number of aromatic nitrogens is 1. The highest BCUT2D eigenvalue weighted by molar-refractivity contribution is 5.69. The molecule has 1 heterocycles. The number of rotatable bonds is 11. The number of halogens is 1. The minimum atomic E-state index is -0.364. The van der Waals surface area contributed by atoms with Gasteiger partial charge in [-0.25, -0.2) is 9.37 Å². The number of pyridine rings is 1. The number of methoxy groups -OCH3 is 1. The molecule has 0 amide bonds. The van der Waals surface area contributed by atoms with Gasteiger partial charge in [-0.05, 0) is 93.7 Å². The van der Waals surface area contributed by atoms with Crippen LogP contribution in [-0.4, -0.2) is 29.1 Å². The van der Waals surface area contributed by atoms with Crippen LogP contribution in [-0.2, 0) is 13.2 Å². The zero-order chi connectivity index (χ0) is 25.8. The summed E-state index contributed by atoms with van der Waals surface area (Å²) >= 11 is 0. The summed E-state index contributed by atoms with van der Waals surface area (Å²) in [5.41, 5.74) is 4.66. The molecule has 36 heavy (non-hydrogen) atoms. The Balaban J connectivity index is 1.62. The molecule has 3 aromatic rings. The summed E-state index contributed by atoms with van der Waals surface area (Å²) in [4.78, 5) is 6.41. The number of nitrogens with zero attached hydrogens (tertiary/aromatic N) is 2. The van der Waals surface area contributed by atoms with Crippen molar-refractivity contribution in [3.8, 4) is 22.8 Å². The van der Waals surface area contributed by atoms with E-state index in [1.54, 1.807) is 13.2 Å². The second-order valence-corrected chi connectivity index (χ2v) is 10.4. The molecule has 1 saturated carbocycles. The second-order valence-electron chi connectivity index (χ2n) is 10.4. The van der Waals surface area contributed by atoms with Crippen molar-refractivity contribution in [1.82, 2.24) is 9.88 Å². The van der Waals surface area contributed by atoms with E-state index in [1.807, 2.05) is 24.3 Å². The van der Waals surface area contributed by atoms with E-state index in [0.29, 0.717) is 48.5 Å². The van der Waals surface area contributed by atoms with Gasteiger partial charge < -0.3 is 9.47 Å². The Kier molecular flexibility index (Phi) is 8.30. The first-order valence-corrected chi connectivity index (χ1v) is 12.9. The number of hydrogen-bond acceptors (Lipinski definition) is 4. The largest absolute Gasteiger partial charge is 0.489 e. The Morgan fingerprint density at radius 1 is 1.03 bits per heavy atom. The van der Waals surface area contributed by atoms with Gasteiger partial charge in [-0.3, -0.25) is 4.90 Å². The summed E-state index contributed by atoms with van der Waals surface area (Å²) in [5, 5.41) is 0. The minimum Gasteiger partial charge on any atom is -0.489 e. The predicted octanol–water partition coefficient (Wildman–Crippen LogP) is 7.42. The average Bonchev–Trinajstić information content (AvgIpc) is 3.71. The van der Waals surface area contributed by atoms with E-state index < -0.39 is 0 Å². The smallest absolute Gasteiger partial charge is 0.213 e. The third kappa shape index (κ3) is 6.25. The van der Waals surface area contributed by atoms with Crippen LogP contribution in [0, 0.1) is 18.7 Å². The summed E-state index contributed by atoms with van der Waals surface area (Å²) in [6.45, 7) is 14.2. The molecular weight excluding hydrogens is 451 g/mol. The summed E-state index contributed by atoms with van der Waals surface area (Å²) in [7, 11) is 1.54. The quantitative estimate of drug-likeness (QED) is 0.281. The fraction of sp³-hybridized carbons (Fsp3) is 0.419. The molecule has 4 rings (SSSR count). The SMILES string of the molecule is [CH2]C(c1cccc(OCc2ccc(-c3cc(OC)ncc3F)c(CN(C(C)C)C(C)C)c2)c1)C1CC1. The van der Waals surface area contributed by atoms with Crippen LogP contribution in [0.25, 0.3) is 11.1 Å². The molecule has 1 aliphatic rings. The first-order valence-electron chi connectivity index (χ1n) is 12.9. The zero-order valence-corrected chi connectivity index (χ0v) is 22.1. The summed E-state index contributed by atoms with van der Waals surface area (Å²) in [5.74, 6) is 1.90. The fourth-order valence-corrected chi connectivity index (χ4v) is 4.80. The molecule has 1 aliphatic carbocycles. The van der Waals surface area contributed by atoms with Gasteiger partial charge >= 0.3 is 0 Å². The lowest BCUT2D eigenvalue weighted by atomic mass is 9.96. The lowest BCUT2D eigenvalue weighted by Crippen LogP contribution is -2.36. The highest BCUT2D eigenvalue weighted by Crippen LogP contribution is 2.42. The first kappa shape index (κ1) is 26.2. The van der Waals surface area contributed by atoms with Crippen LogP contribution in [0.2, 0.25) is 0 Å². The van der Waals surface area contributed by atoms with Gasteiger partial charge in [0.1, 0.15) is 18.2 Å². The highest BCUT2D eigenvalue weighted by Gasteiger charge is 2.29. The van der Waals surface area contributed by atoms with Crippen molar-refractivity contribution < 1.29 is 13.9 Å². The third-order valence-corrected chi connectivity index (χ3v) is 7.06. The van der Waals surface area contributed by atoms with Crippen LogP contribution < -0.4 is 9.47 Å². The van der Waals surface area contributed by atoms with E-state index in [-0.39, 0.29) is 5.82 Å². The first-order chi connectivity index (χ1) is 17.3. The van der Waals surface area contributed by atoms with Gasteiger partial charge in [0.05, 0.1) is 13.3 Å². The molecule has 0 aliphatic heterocycles. The molecule has 1 aromatic heterocycles. The lowest BCUT2D eigenvalue weighted by Gasteiger charge is -2.31. The van der Waals surface area contributed by atoms with Crippen LogP contribution in [0.1, 0.15) is 63.1 Å². The highest BCUT2D eigenvalue weighted by atomic mass is 19.1. The van der Waals surface area contributed by atoms with E-state index in [0.717, 1.165) is 22.4 Å². The van der Waals surface area contributed by atoms with Gasteiger partial charge in [-0.15, -0.1) is 0 Å². The Bertz CT molecular complexity index is 1160. The third-order valence-electron chi connectivity index (χ3n) is 7.06. The molecule has 2 aromatic carbocycles. The van der Waals surface area contributed by atoms with Gasteiger partial charge in [0, 0.05) is 30.3 Å². The van der Waals surface area contributed by atoms with E-state index in [9.17, 15) is 4.39 Å². The van der Waals surface area contributed by atoms with Gasteiger partial charge in [-0.1, -0.05) is 30.3 Å². The molecule has 1 unspecified atom stereocenters.